The average Bonchev–Trinajstić information content (AvgIpc) is 2.36. The standard InChI is InChI=1S/C13H19F3N2O2/c1-9(2)5-17-6-10-3-4-11(7-18-10)20-8-12(19)13(14,15)16/h3-4,7,9,12,17,19H,5-6,8H2,1-2H3. The minimum absolute atomic E-state index is 0.195. The summed E-state index contributed by atoms with van der Waals surface area (Å²) in [4.78, 5) is 4.07. The molecule has 0 radical (unpaired) electrons. The average molecular weight is 292 g/mol. The molecule has 0 saturated heterocycles. The maximum Gasteiger partial charge on any atom is 0.417 e. The van der Waals surface area contributed by atoms with E-state index < -0.39 is 18.9 Å². The van der Waals surface area contributed by atoms with E-state index in [1.54, 1.807) is 6.07 Å². The first kappa shape index (κ1) is 16.7. The summed E-state index contributed by atoms with van der Waals surface area (Å²) >= 11 is 0. The van der Waals surface area contributed by atoms with Gasteiger partial charge in [-0.15, -0.1) is 0 Å². The molecule has 1 aromatic rings. The van der Waals surface area contributed by atoms with Gasteiger partial charge in [0.1, 0.15) is 12.4 Å². The Morgan fingerprint density at radius 2 is 2.05 bits per heavy atom. The summed E-state index contributed by atoms with van der Waals surface area (Å²) in [5.74, 6) is 0.724. The van der Waals surface area contributed by atoms with Gasteiger partial charge in [-0.1, -0.05) is 13.8 Å². The second kappa shape index (κ2) is 7.44. The number of halogens is 3. The van der Waals surface area contributed by atoms with Gasteiger partial charge >= 0.3 is 6.18 Å². The monoisotopic (exact) mass is 292 g/mol. The molecule has 0 spiro atoms. The molecule has 0 saturated carbocycles. The molecule has 1 heterocycles. The number of hydrogen-bond donors (Lipinski definition) is 2. The molecular weight excluding hydrogens is 273 g/mol. The van der Waals surface area contributed by atoms with Crippen LogP contribution in [0.15, 0.2) is 18.3 Å². The highest BCUT2D eigenvalue weighted by Gasteiger charge is 2.38. The number of aliphatic hydroxyl groups excluding tert-OH is 1. The number of pyridine rings is 1. The smallest absolute Gasteiger partial charge is 0.417 e. The third-order valence-electron chi connectivity index (χ3n) is 2.44. The number of nitrogens with one attached hydrogen (secondary N) is 1. The molecule has 0 amide bonds. The summed E-state index contributed by atoms with van der Waals surface area (Å²) in [6.07, 6.45) is -5.82. The van der Waals surface area contributed by atoms with Gasteiger partial charge in [0.05, 0.1) is 11.9 Å². The fourth-order valence-electron chi connectivity index (χ4n) is 1.36. The minimum atomic E-state index is -4.67. The van der Waals surface area contributed by atoms with E-state index in [1.807, 2.05) is 0 Å². The first-order valence-electron chi connectivity index (χ1n) is 6.32. The van der Waals surface area contributed by atoms with Crippen LogP contribution in [0.3, 0.4) is 0 Å². The van der Waals surface area contributed by atoms with Crippen molar-refractivity contribution in [3.8, 4) is 5.75 Å². The summed E-state index contributed by atoms with van der Waals surface area (Å²) in [5.41, 5.74) is 0.773. The number of aliphatic hydroxyl groups is 1. The maximum atomic E-state index is 12.1. The lowest BCUT2D eigenvalue weighted by atomic mass is 10.2. The van der Waals surface area contributed by atoms with Gasteiger partial charge in [-0.05, 0) is 24.6 Å². The Labute approximate surface area is 116 Å². The van der Waals surface area contributed by atoms with Crippen molar-refractivity contribution in [3.63, 3.8) is 0 Å². The van der Waals surface area contributed by atoms with Crippen molar-refractivity contribution in [1.29, 1.82) is 0 Å². The number of alkyl halides is 3. The Hall–Kier alpha value is -1.34. The van der Waals surface area contributed by atoms with E-state index in [9.17, 15) is 13.2 Å². The normalized spacial score (nSPS) is 13.6. The lowest BCUT2D eigenvalue weighted by Gasteiger charge is -2.15. The fraction of sp³-hybridized carbons (Fsp3) is 0.615. The number of rotatable bonds is 7. The lowest BCUT2D eigenvalue weighted by molar-refractivity contribution is -0.210. The second-order valence-electron chi connectivity index (χ2n) is 4.88. The lowest BCUT2D eigenvalue weighted by Crippen LogP contribution is -2.34. The first-order chi connectivity index (χ1) is 9.29. The molecule has 1 atom stereocenters. The number of ether oxygens (including phenoxy) is 1. The topological polar surface area (TPSA) is 54.4 Å². The molecule has 1 aromatic heterocycles. The third-order valence-corrected chi connectivity index (χ3v) is 2.44. The van der Waals surface area contributed by atoms with E-state index in [0.717, 1.165) is 12.2 Å². The van der Waals surface area contributed by atoms with Crippen molar-refractivity contribution in [3.05, 3.63) is 24.0 Å². The SMILES string of the molecule is CC(C)CNCc1ccc(OCC(O)C(F)(F)F)cn1. The third kappa shape index (κ3) is 6.21. The van der Waals surface area contributed by atoms with Gasteiger partial charge in [0, 0.05) is 6.54 Å². The zero-order valence-corrected chi connectivity index (χ0v) is 11.4. The van der Waals surface area contributed by atoms with Crippen LogP contribution >= 0.6 is 0 Å². The Morgan fingerprint density at radius 3 is 2.55 bits per heavy atom. The molecule has 20 heavy (non-hydrogen) atoms. The van der Waals surface area contributed by atoms with Crippen LogP contribution in [-0.4, -0.2) is 35.5 Å². The van der Waals surface area contributed by atoms with Gasteiger partial charge in [0.2, 0.25) is 0 Å². The Morgan fingerprint density at radius 1 is 1.35 bits per heavy atom. The van der Waals surface area contributed by atoms with Crippen molar-refractivity contribution in [2.45, 2.75) is 32.7 Å². The van der Waals surface area contributed by atoms with E-state index in [0.29, 0.717) is 12.5 Å². The molecule has 0 aliphatic rings. The van der Waals surface area contributed by atoms with E-state index in [2.05, 4.69) is 24.1 Å². The fourth-order valence-corrected chi connectivity index (χ4v) is 1.36. The molecule has 0 aliphatic carbocycles. The van der Waals surface area contributed by atoms with Gasteiger partial charge in [-0.25, -0.2) is 0 Å². The zero-order chi connectivity index (χ0) is 15.2. The molecule has 1 unspecified atom stereocenters. The Kier molecular flexibility index (Phi) is 6.22. The second-order valence-corrected chi connectivity index (χ2v) is 4.88. The van der Waals surface area contributed by atoms with E-state index >= 15 is 0 Å². The molecule has 7 heteroatoms. The van der Waals surface area contributed by atoms with Crippen molar-refractivity contribution >= 4 is 0 Å². The van der Waals surface area contributed by atoms with E-state index in [-0.39, 0.29) is 5.75 Å². The molecule has 0 aromatic carbocycles. The zero-order valence-electron chi connectivity index (χ0n) is 11.4. The van der Waals surface area contributed by atoms with Crippen LogP contribution in [0, 0.1) is 5.92 Å². The van der Waals surface area contributed by atoms with Crippen LogP contribution in [0.2, 0.25) is 0 Å². The van der Waals surface area contributed by atoms with E-state index in [1.165, 1.54) is 12.3 Å². The van der Waals surface area contributed by atoms with Crippen molar-refractivity contribution in [1.82, 2.24) is 10.3 Å². The molecule has 4 nitrogen and oxygen atoms in total. The van der Waals surface area contributed by atoms with Gasteiger partial charge in [-0.2, -0.15) is 13.2 Å². The molecular formula is C13H19F3N2O2. The molecule has 114 valence electrons. The van der Waals surface area contributed by atoms with Gasteiger partial charge < -0.3 is 15.2 Å². The summed E-state index contributed by atoms with van der Waals surface area (Å²) in [5, 5.41) is 12.0. The first-order valence-corrected chi connectivity index (χ1v) is 6.32. The van der Waals surface area contributed by atoms with Crippen LogP contribution in [0.5, 0.6) is 5.75 Å². The quantitative estimate of drug-likeness (QED) is 0.808. The molecule has 1 rings (SSSR count). The van der Waals surface area contributed by atoms with E-state index in [4.69, 9.17) is 9.84 Å². The summed E-state index contributed by atoms with van der Waals surface area (Å²) in [6, 6.07) is 3.20. The number of aromatic nitrogens is 1. The minimum Gasteiger partial charge on any atom is -0.489 e. The van der Waals surface area contributed by atoms with Crippen LogP contribution < -0.4 is 10.1 Å². The summed E-state index contributed by atoms with van der Waals surface area (Å²) in [6.45, 7) is 4.78. The maximum absolute atomic E-state index is 12.1. The van der Waals surface area contributed by atoms with Crippen LogP contribution in [-0.2, 0) is 6.54 Å². The van der Waals surface area contributed by atoms with Crippen molar-refractivity contribution in [2.75, 3.05) is 13.2 Å². The molecule has 2 N–H and O–H groups in total. The highest BCUT2D eigenvalue weighted by molar-refractivity contribution is 5.19. The Balaban J connectivity index is 2.39. The summed E-state index contributed by atoms with van der Waals surface area (Å²) in [7, 11) is 0. The van der Waals surface area contributed by atoms with Crippen LogP contribution in [0.25, 0.3) is 0 Å². The molecule has 0 aliphatic heterocycles. The van der Waals surface area contributed by atoms with Crippen molar-refractivity contribution < 1.29 is 23.0 Å². The van der Waals surface area contributed by atoms with Gasteiger partial charge in [0.15, 0.2) is 6.10 Å². The molecule has 0 bridgehead atoms. The highest BCUT2D eigenvalue weighted by Crippen LogP contribution is 2.21. The largest absolute Gasteiger partial charge is 0.489 e. The van der Waals surface area contributed by atoms with Gasteiger partial charge in [0.25, 0.3) is 0 Å². The van der Waals surface area contributed by atoms with Crippen LogP contribution in [0.1, 0.15) is 19.5 Å². The summed E-state index contributed by atoms with van der Waals surface area (Å²) < 4.78 is 41.0. The predicted octanol–water partition coefficient (Wildman–Crippen LogP) is 2.13. The Bertz CT molecular complexity index is 394. The van der Waals surface area contributed by atoms with Crippen molar-refractivity contribution in [2.24, 2.45) is 5.92 Å². The van der Waals surface area contributed by atoms with Gasteiger partial charge in [-0.3, -0.25) is 4.98 Å². The number of hydrogen-bond acceptors (Lipinski definition) is 4. The molecule has 0 fully saturated rings. The predicted molar refractivity (Wildman–Crippen MR) is 68.3 cm³/mol. The van der Waals surface area contributed by atoms with Crippen LogP contribution in [0.4, 0.5) is 13.2 Å². The number of nitrogens with zero attached hydrogens (tertiary/aromatic N) is 1. The highest BCUT2D eigenvalue weighted by atomic mass is 19.4.